The summed E-state index contributed by atoms with van der Waals surface area (Å²) in [6.45, 7) is 8.82. The highest BCUT2D eigenvalue weighted by molar-refractivity contribution is 5.95. The molecular weight excluding hydrogens is 462 g/mol. The highest BCUT2D eigenvalue weighted by Gasteiger charge is 2.55. The number of likely N-dealkylation sites (tertiary alicyclic amines) is 1. The first-order valence-corrected chi connectivity index (χ1v) is 10.9. The molecule has 1 aliphatic heterocycles. The molecule has 0 saturated carbocycles. The van der Waals surface area contributed by atoms with Crippen molar-refractivity contribution in [3.05, 3.63) is 47.2 Å². The summed E-state index contributed by atoms with van der Waals surface area (Å²) in [7, 11) is 0. The molecule has 34 heavy (non-hydrogen) atoms. The Hall–Kier alpha value is -2.52. The fourth-order valence-electron chi connectivity index (χ4n) is 5.01. The number of hydrogen-bond donors (Lipinski definition) is 1. The molecule has 1 saturated heterocycles. The van der Waals surface area contributed by atoms with Crippen LogP contribution in [0, 0.1) is 22.7 Å². The molecule has 0 aromatic rings. The lowest BCUT2D eigenvalue weighted by molar-refractivity contribution is -0.166. The number of carbonyl (C=O) groups is 2. The molecule has 3 rings (SSSR count). The van der Waals surface area contributed by atoms with Crippen LogP contribution >= 0.6 is 0 Å². The second-order valence-electron chi connectivity index (χ2n) is 10.2. The second kappa shape index (κ2) is 8.30. The number of hydrogen-bond acceptors (Lipinski definition) is 2. The van der Waals surface area contributed by atoms with E-state index in [0.29, 0.717) is 12.2 Å². The van der Waals surface area contributed by atoms with Crippen LogP contribution in [0.25, 0.3) is 0 Å². The molecule has 0 spiro atoms. The Balaban J connectivity index is 1.90. The average molecular weight is 490 g/mol. The Labute approximate surface area is 194 Å². The summed E-state index contributed by atoms with van der Waals surface area (Å²) in [6.07, 6.45) is -4.27. The van der Waals surface area contributed by atoms with E-state index in [9.17, 15) is 35.9 Å². The molecule has 1 fully saturated rings. The molecule has 0 aromatic heterocycles. The van der Waals surface area contributed by atoms with Crippen LogP contribution < -0.4 is 5.32 Å². The maximum absolute atomic E-state index is 13.3. The van der Waals surface area contributed by atoms with Gasteiger partial charge < -0.3 is 10.2 Å². The van der Waals surface area contributed by atoms with E-state index in [4.69, 9.17) is 0 Å². The van der Waals surface area contributed by atoms with Crippen LogP contribution in [0.4, 0.5) is 26.3 Å². The van der Waals surface area contributed by atoms with Gasteiger partial charge in [0.2, 0.25) is 11.8 Å². The third kappa shape index (κ3) is 4.68. The van der Waals surface area contributed by atoms with Crippen molar-refractivity contribution in [1.29, 1.82) is 0 Å². The number of nitrogens with zero attached hydrogens (tertiary/aromatic N) is 1. The smallest absolute Gasteiger partial charge is 0.334 e. The fraction of sp³-hybridized carbons (Fsp3) is 0.583. The van der Waals surface area contributed by atoms with Gasteiger partial charge in [0, 0.05) is 23.2 Å². The first kappa shape index (κ1) is 26.1. The Bertz CT molecular complexity index is 1000. The molecule has 2 aliphatic carbocycles. The second-order valence-corrected chi connectivity index (χ2v) is 10.2. The van der Waals surface area contributed by atoms with Gasteiger partial charge in [-0.05, 0) is 32.4 Å². The molecule has 188 valence electrons. The first-order chi connectivity index (χ1) is 15.4. The third-order valence-electron chi connectivity index (χ3n) is 7.15. The number of rotatable bonds is 3. The maximum atomic E-state index is 13.3. The Morgan fingerprint density at radius 1 is 1.15 bits per heavy atom. The van der Waals surface area contributed by atoms with E-state index >= 15 is 0 Å². The Morgan fingerprint density at radius 2 is 1.76 bits per heavy atom. The number of amides is 2. The number of carbonyl (C=O) groups excluding carboxylic acids is 2. The number of alkyl halides is 6. The zero-order valence-corrected chi connectivity index (χ0v) is 19.6. The van der Waals surface area contributed by atoms with E-state index in [1.54, 1.807) is 11.8 Å². The van der Waals surface area contributed by atoms with Crippen LogP contribution in [0.2, 0.25) is 0 Å². The van der Waals surface area contributed by atoms with Gasteiger partial charge in [-0.2, -0.15) is 26.3 Å². The van der Waals surface area contributed by atoms with E-state index in [0.717, 1.165) is 5.57 Å². The minimum Gasteiger partial charge on any atom is -0.334 e. The standard InChI is InChI=1S/C24H28F6N2O2/c1-13-7-6-8-21(3,4)18(13)32-12-22(5,14(2)19(32)33)20(34)31-17-10-15(23(25,26)27)9-16(11-17)24(28,29)30/h6-8,10-11,14-15,18H,9,12H2,1-5H3,(H,31,34)/t14-,15?,18?,22-/m1/s1. The van der Waals surface area contributed by atoms with E-state index in [-0.39, 0.29) is 18.5 Å². The van der Waals surface area contributed by atoms with Crippen molar-refractivity contribution in [3.63, 3.8) is 0 Å². The van der Waals surface area contributed by atoms with Crippen LogP contribution in [0.5, 0.6) is 0 Å². The molecule has 2 amide bonds. The SMILES string of the molecule is CC1=CC=CC(C)(C)C1N1C[C@@](C)(C(=O)NC2=CC(C(F)(F)F)CC(C(F)(F)F)=C2)[C@H](C)C1=O. The zero-order chi connectivity index (χ0) is 25.9. The predicted molar refractivity (Wildman–Crippen MR) is 114 cm³/mol. The van der Waals surface area contributed by atoms with Crippen LogP contribution in [-0.4, -0.2) is 41.7 Å². The van der Waals surface area contributed by atoms with Gasteiger partial charge in [-0.25, -0.2) is 0 Å². The molecule has 1 N–H and O–H groups in total. The Kier molecular flexibility index (Phi) is 6.37. The van der Waals surface area contributed by atoms with Gasteiger partial charge in [-0.1, -0.05) is 44.6 Å². The molecule has 1 heterocycles. The summed E-state index contributed by atoms with van der Waals surface area (Å²) in [4.78, 5) is 28.0. The molecule has 0 radical (unpaired) electrons. The lowest BCUT2D eigenvalue weighted by atomic mass is 9.76. The van der Waals surface area contributed by atoms with Crippen molar-refractivity contribution in [2.75, 3.05) is 6.54 Å². The van der Waals surface area contributed by atoms with Gasteiger partial charge in [-0.3, -0.25) is 9.59 Å². The summed E-state index contributed by atoms with van der Waals surface area (Å²) in [5, 5.41) is 2.25. The Morgan fingerprint density at radius 3 is 2.29 bits per heavy atom. The predicted octanol–water partition coefficient (Wildman–Crippen LogP) is 5.45. The lowest BCUT2D eigenvalue weighted by Crippen LogP contribution is -2.49. The number of nitrogens with one attached hydrogen (secondary N) is 1. The molecule has 2 unspecified atom stereocenters. The third-order valence-corrected chi connectivity index (χ3v) is 7.15. The molecule has 0 aromatic carbocycles. The summed E-state index contributed by atoms with van der Waals surface area (Å²) < 4.78 is 79.5. The van der Waals surface area contributed by atoms with E-state index in [1.165, 1.54) is 6.92 Å². The molecule has 0 bridgehead atoms. The maximum Gasteiger partial charge on any atom is 0.412 e. The summed E-state index contributed by atoms with van der Waals surface area (Å²) >= 11 is 0. The number of allylic oxidation sites excluding steroid dienone is 5. The van der Waals surface area contributed by atoms with Gasteiger partial charge in [0.05, 0.1) is 23.3 Å². The summed E-state index contributed by atoms with van der Waals surface area (Å²) in [5.41, 5.74) is -2.80. The van der Waals surface area contributed by atoms with Crippen molar-refractivity contribution in [2.24, 2.45) is 22.7 Å². The highest BCUT2D eigenvalue weighted by atomic mass is 19.4. The monoisotopic (exact) mass is 490 g/mol. The van der Waals surface area contributed by atoms with Crippen LogP contribution in [0.15, 0.2) is 47.2 Å². The van der Waals surface area contributed by atoms with Crippen LogP contribution in [-0.2, 0) is 9.59 Å². The van der Waals surface area contributed by atoms with Crippen molar-refractivity contribution >= 4 is 11.8 Å². The minimum absolute atomic E-state index is 0.0161. The van der Waals surface area contributed by atoms with Crippen molar-refractivity contribution in [2.45, 2.75) is 59.4 Å². The summed E-state index contributed by atoms with van der Waals surface area (Å²) in [6, 6.07) is -0.331. The molecule has 4 nitrogen and oxygen atoms in total. The van der Waals surface area contributed by atoms with E-state index in [1.807, 2.05) is 39.0 Å². The van der Waals surface area contributed by atoms with Crippen molar-refractivity contribution < 1.29 is 35.9 Å². The molecule has 3 aliphatic rings. The van der Waals surface area contributed by atoms with Crippen LogP contribution in [0.3, 0.4) is 0 Å². The van der Waals surface area contributed by atoms with E-state index in [2.05, 4.69) is 5.32 Å². The zero-order valence-electron chi connectivity index (χ0n) is 19.6. The molecule has 4 atom stereocenters. The lowest BCUT2D eigenvalue weighted by Gasteiger charge is -2.41. The highest BCUT2D eigenvalue weighted by Crippen LogP contribution is 2.45. The average Bonchev–Trinajstić information content (AvgIpc) is 2.91. The minimum atomic E-state index is -4.96. The fourth-order valence-corrected chi connectivity index (χ4v) is 5.01. The first-order valence-electron chi connectivity index (χ1n) is 10.9. The van der Waals surface area contributed by atoms with Crippen LogP contribution in [0.1, 0.15) is 41.0 Å². The van der Waals surface area contributed by atoms with Gasteiger partial charge >= 0.3 is 12.4 Å². The van der Waals surface area contributed by atoms with Gasteiger partial charge in [0.1, 0.15) is 0 Å². The quantitative estimate of drug-likeness (QED) is 0.535. The molecule has 10 heteroatoms. The number of halogens is 6. The van der Waals surface area contributed by atoms with Gasteiger partial charge in [0.25, 0.3) is 0 Å². The van der Waals surface area contributed by atoms with Gasteiger partial charge in [0.15, 0.2) is 0 Å². The van der Waals surface area contributed by atoms with Crippen molar-refractivity contribution in [3.8, 4) is 0 Å². The summed E-state index contributed by atoms with van der Waals surface area (Å²) in [5.74, 6) is -4.29. The largest absolute Gasteiger partial charge is 0.412 e. The van der Waals surface area contributed by atoms with Gasteiger partial charge in [-0.15, -0.1) is 0 Å². The topological polar surface area (TPSA) is 49.4 Å². The van der Waals surface area contributed by atoms with E-state index < -0.39 is 58.6 Å². The van der Waals surface area contributed by atoms with Crippen molar-refractivity contribution in [1.82, 2.24) is 10.2 Å². The normalized spacial score (nSPS) is 31.7. The molecular formula is C24H28F6N2O2.